The summed E-state index contributed by atoms with van der Waals surface area (Å²) in [6, 6.07) is 14.4. The molecule has 0 aliphatic heterocycles. The first-order valence-electron chi connectivity index (χ1n) is 9.09. The fraction of sp³-hybridized carbons (Fsp3) is 0.238. The van der Waals surface area contributed by atoms with Crippen LogP contribution < -0.4 is 5.32 Å². The number of rotatable bonds is 7. The number of carbonyl (C=O) groups is 2. The number of aromatic nitrogens is 3. The van der Waals surface area contributed by atoms with E-state index in [2.05, 4.69) is 29.2 Å². The zero-order chi connectivity index (χ0) is 19.9. The van der Waals surface area contributed by atoms with E-state index in [1.807, 2.05) is 24.3 Å². The van der Waals surface area contributed by atoms with E-state index < -0.39 is 5.97 Å². The minimum Gasteiger partial charge on any atom is -0.452 e. The summed E-state index contributed by atoms with van der Waals surface area (Å²) in [5, 5.41) is 6.74. The molecule has 144 valence electrons. The third-order valence-electron chi connectivity index (χ3n) is 4.50. The zero-order valence-corrected chi connectivity index (χ0v) is 15.8. The Morgan fingerprint density at radius 1 is 1.11 bits per heavy atom. The van der Waals surface area contributed by atoms with Gasteiger partial charge < -0.3 is 10.1 Å². The number of hydrogen-bond donors (Lipinski definition) is 1. The summed E-state index contributed by atoms with van der Waals surface area (Å²) < 4.78 is 6.66. The van der Waals surface area contributed by atoms with Gasteiger partial charge in [0, 0.05) is 5.69 Å². The molecule has 0 saturated carbocycles. The second-order valence-electron chi connectivity index (χ2n) is 6.44. The lowest BCUT2D eigenvalue weighted by atomic mass is 9.99. The smallest absolute Gasteiger partial charge is 0.338 e. The minimum atomic E-state index is -0.563. The summed E-state index contributed by atoms with van der Waals surface area (Å²) in [7, 11) is 0. The SMILES string of the molecule is CC[C@H](C)c1ccc(NC(=O)COC(=O)c2ccc(-n3cncn3)cc2)cc1. The first-order chi connectivity index (χ1) is 13.6. The van der Waals surface area contributed by atoms with Crippen molar-refractivity contribution in [3.8, 4) is 5.69 Å². The molecule has 7 heteroatoms. The highest BCUT2D eigenvalue weighted by molar-refractivity contribution is 5.95. The molecular weight excluding hydrogens is 356 g/mol. The Morgan fingerprint density at radius 3 is 2.43 bits per heavy atom. The molecule has 0 unspecified atom stereocenters. The average Bonchev–Trinajstić information content (AvgIpc) is 3.27. The standard InChI is InChI=1S/C21H22N4O3/c1-3-15(2)16-4-8-18(9-5-16)24-20(26)12-28-21(27)17-6-10-19(11-7-17)25-14-22-13-23-25/h4-11,13-15H,3,12H2,1-2H3,(H,24,26)/t15-/m0/s1. The number of hydrogen-bond acceptors (Lipinski definition) is 5. The largest absolute Gasteiger partial charge is 0.452 e. The summed E-state index contributed by atoms with van der Waals surface area (Å²) in [4.78, 5) is 28.0. The van der Waals surface area contributed by atoms with E-state index in [9.17, 15) is 9.59 Å². The Hall–Kier alpha value is -3.48. The van der Waals surface area contributed by atoms with Crippen molar-refractivity contribution in [2.45, 2.75) is 26.2 Å². The van der Waals surface area contributed by atoms with Gasteiger partial charge in [-0.05, 0) is 54.3 Å². The van der Waals surface area contributed by atoms with E-state index in [-0.39, 0.29) is 12.5 Å². The Balaban J connectivity index is 1.50. The molecule has 0 bridgehead atoms. The van der Waals surface area contributed by atoms with Crippen LogP contribution in [0.25, 0.3) is 5.69 Å². The molecule has 2 aromatic carbocycles. The van der Waals surface area contributed by atoms with E-state index in [1.165, 1.54) is 11.9 Å². The molecule has 0 aliphatic rings. The maximum atomic E-state index is 12.1. The van der Waals surface area contributed by atoms with Crippen molar-refractivity contribution in [2.24, 2.45) is 0 Å². The first kappa shape index (κ1) is 19.3. The quantitative estimate of drug-likeness (QED) is 0.635. The van der Waals surface area contributed by atoms with Gasteiger partial charge in [0.25, 0.3) is 5.91 Å². The van der Waals surface area contributed by atoms with Crippen molar-refractivity contribution < 1.29 is 14.3 Å². The Labute approximate surface area is 163 Å². The fourth-order valence-corrected chi connectivity index (χ4v) is 2.63. The molecule has 1 heterocycles. The number of nitrogens with one attached hydrogen (secondary N) is 1. The van der Waals surface area contributed by atoms with Gasteiger partial charge in [-0.15, -0.1) is 0 Å². The highest BCUT2D eigenvalue weighted by Gasteiger charge is 2.11. The Morgan fingerprint density at radius 2 is 1.82 bits per heavy atom. The van der Waals surface area contributed by atoms with Crippen LogP contribution in [0.15, 0.2) is 61.2 Å². The molecule has 0 fully saturated rings. The van der Waals surface area contributed by atoms with Gasteiger partial charge in [0.1, 0.15) is 12.7 Å². The highest BCUT2D eigenvalue weighted by atomic mass is 16.5. The molecule has 1 N–H and O–H groups in total. The topological polar surface area (TPSA) is 86.1 Å². The molecular formula is C21H22N4O3. The molecule has 28 heavy (non-hydrogen) atoms. The van der Waals surface area contributed by atoms with Crippen LogP contribution in [-0.2, 0) is 9.53 Å². The van der Waals surface area contributed by atoms with Crippen molar-refractivity contribution in [3.05, 3.63) is 72.3 Å². The van der Waals surface area contributed by atoms with Gasteiger partial charge in [-0.1, -0.05) is 26.0 Å². The zero-order valence-electron chi connectivity index (χ0n) is 15.8. The van der Waals surface area contributed by atoms with E-state index in [4.69, 9.17) is 4.74 Å². The van der Waals surface area contributed by atoms with Crippen LogP contribution in [0.5, 0.6) is 0 Å². The van der Waals surface area contributed by atoms with Crippen LogP contribution in [-0.4, -0.2) is 33.2 Å². The van der Waals surface area contributed by atoms with Crippen LogP contribution in [0.4, 0.5) is 5.69 Å². The molecule has 0 saturated heterocycles. The third kappa shape index (κ3) is 4.82. The van der Waals surface area contributed by atoms with Gasteiger partial charge in [-0.3, -0.25) is 4.79 Å². The number of amides is 1. The molecule has 0 spiro atoms. The second-order valence-corrected chi connectivity index (χ2v) is 6.44. The Bertz CT molecular complexity index is 919. The predicted molar refractivity (Wildman–Crippen MR) is 105 cm³/mol. The maximum absolute atomic E-state index is 12.1. The lowest BCUT2D eigenvalue weighted by molar-refractivity contribution is -0.119. The second kappa shape index (κ2) is 8.94. The van der Waals surface area contributed by atoms with E-state index in [1.54, 1.807) is 35.3 Å². The lowest BCUT2D eigenvalue weighted by Crippen LogP contribution is -2.21. The van der Waals surface area contributed by atoms with E-state index >= 15 is 0 Å². The minimum absolute atomic E-state index is 0.350. The lowest BCUT2D eigenvalue weighted by Gasteiger charge is -2.11. The maximum Gasteiger partial charge on any atom is 0.338 e. The third-order valence-corrected chi connectivity index (χ3v) is 4.50. The van der Waals surface area contributed by atoms with Gasteiger partial charge in [0.05, 0.1) is 11.3 Å². The number of ether oxygens (including phenoxy) is 1. The number of nitrogens with zero attached hydrogens (tertiary/aromatic N) is 3. The molecule has 3 rings (SSSR count). The molecule has 1 atom stereocenters. The number of esters is 1. The van der Waals surface area contributed by atoms with Gasteiger partial charge in [-0.25, -0.2) is 14.5 Å². The summed E-state index contributed by atoms with van der Waals surface area (Å²) in [5.41, 5.74) is 3.02. The van der Waals surface area contributed by atoms with Crippen molar-refractivity contribution in [2.75, 3.05) is 11.9 Å². The van der Waals surface area contributed by atoms with Gasteiger partial charge in [0.15, 0.2) is 6.61 Å². The molecule has 0 radical (unpaired) electrons. The van der Waals surface area contributed by atoms with Crippen molar-refractivity contribution in [1.82, 2.24) is 14.8 Å². The monoisotopic (exact) mass is 378 g/mol. The summed E-state index contributed by atoms with van der Waals surface area (Å²) >= 11 is 0. The van der Waals surface area contributed by atoms with Gasteiger partial charge in [0.2, 0.25) is 0 Å². The molecule has 0 aliphatic carbocycles. The highest BCUT2D eigenvalue weighted by Crippen LogP contribution is 2.20. The van der Waals surface area contributed by atoms with Crippen LogP contribution >= 0.6 is 0 Å². The number of benzene rings is 2. The normalized spacial score (nSPS) is 11.6. The van der Waals surface area contributed by atoms with Crippen LogP contribution in [0.2, 0.25) is 0 Å². The van der Waals surface area contributed by atoms with Crippen molar-refractivity contribution >= 4 is 17.6 Å². The van der Waals surface area contributed by atoms with Crippen LogP contribution in [0.3, 0.4) is 0 Å². The Kier molecular flexibility index (Phi) is 6.16. The molecule has 7 nitrogen and oxygen atoms in total. The van der Waals surface area contributed by atoms with Gasteiger partial charge >= 0.3 is 5.97 Å². The first-order valence-corrected chi connectivity index (χ1v) is 9.09. The number of anilines is 1. The van der Waals surface area contributed by atoms with Gasteiger partial charge in [-0.2, -0.15) is 5.10 Å². The van der Waals surface area contributed by atoms with Crippen LogP contribution in [0, 0.1) is 0 Å². The summed E-state index contributed by atoms with van der Waals surface area (Å²) in [6.07, 6.45) is 4.05. The molecule has 1 aromatic heterocycles. The van der Waals surface area contributed by atoms with Crippen molar-refractivity contribution in [1.29, 1.82) is 0 Å². The molecule has 1 amide bonds. The number of carbonyl (C=O) groups excluding carboxylic acids is 2. The summed E-state index contributed by atoms with van der Waals surface area (Å²) in [6.45, 7) is 3.94. The molecule has 3 aromatic rings. The van der Waals surface area contributed by atoms with E-state index in [0.29, 0.717) is 17.2 Å². The van der Waals surface area contributed by atoms with Crippen LogP contribution in [0.1, 0.15) is 42.1 Å². The fourth-order valence-electron chi connectivity index (χ4n) is 2.63. The summed E-state index contributed by atoms with van der Waals surface area (Å²) in [5.74, 6) is -0.474. The van der Waals surface area contributed by atoms with Crippen molar-refractivity contribution in [3.63, 3.8) is 0 Å². The average molecular weight is 378 g/mol. The van der Waals surface area contributed by atoms with E-state index in [0.717, 1.165) is 12.1 Å². The predicted octanol–water partition coefficient (Wildman–Crippen LogP) is 3.58.